The molecule has 2 N–H and O–H groups in total. The Bertz CT molecular complexity index is 420. The van der Waals surface area contributed by atoms with E-state index in [-0.39, 0.29) is 11.8 Å². The monoisotopic (exact) mass is 261 g/mol. The molecule has 1 fully saturated rings. The highest BCUT2D eigenvalue weighted by Gasteiger charge is 2.25. The molecule has 1 amide bonds. The molecule has 1 aromatic rings. The van der Waals surface area contributed by atoms with E-state index >= 15 is 0 Å². The molecule has 0 spiro atoms. The summed E-state index contributed by atoms with van der Waals surface area (Å²) in [5.41, 5.74) is 7.77. The number of nitrogen functional groups attached to an aromatic ring is 1. The summed E-state index contributed by atoms with van der Waals surface area (Å²) in [4.78, 5) is 16.0. The maximum atomic E-state index is 11.9. The third kappa shape index (κ3) is 3.70. The molecule has 104 valence electrons. The molecule has 1 saturated heterocycles. The van der Waals surface area contributed by atoms with Gasteiger partial charge >= 0.3 is 0 Å². The fourth-order valence-electron chi connectivity index (χ4n) is 2.58. The van der Waals surface area contributed by atoms with Gasteiger partial charge in [0.05, 0.1) is 0 Å². The predicted octanol–water partition coefficient (Wildman–Crippen LogP) is 1.57. The Morgan fingerprint density at radius 1 is 1.26 bits per heavy atom. The topological polar surface area (TPSA) is 49.6 Å². The molecule has 19 heavy (non-hydrogen) atoms. The van der Waals surface area contributed by atoms with Crippen LogP contribution in [-0.2, 0) is 11.3 Å². The number of likely N-dealkylation sites (tertiary alicyclic amines) is 1. The zero-order chi connectivity index (χ0) is 13.8. The highest BCUT2D eigenvalue weighted by molar-refractivity contribution is 5.78. The van der Waals surface area contributed by atoms with Crippen LogP contribution in [0.2, 0.25) is 0 Å². The minimum Gasteiger partial charge on any atom is -0.399 e. The highest BCUT2D eigenvalue weighted by atomic mass is 16.2. The minimum atomic E-state index is 0.206. The van der Waals surface area contributed by atoms with E-state index in [1.54, 1.807) is 4.90 Å². The van der Waals surface area contributed by atoms with Crippen LogP contribution < -0.4 is 5.73 Å². The number of nitrogens with two attached hydrogens (primary N) is 1. The van der Waals surface area contributed by atoms with Gasteiger partial charge in [-0.1, -0.05) is 12.1 Å². The molecule has 0 radical (unpaired) electrons. The number of rotatable bonds is 3. The van der Waals surface area contributed by atoms with Crippen LogP contribution in [0.25, 0.3) is 0 Å². The molecule has 0 aromatic heterocycles. The Balaban J connectivity index is 1.83. The molecule has 1 aliphatic heterocycles. The Labute approximate surface area is 115 Å². The van der Waals surface area contributed by atoms with Crippen LogP contribution in [0.4, 0.5) is 5.69 Å². The molecule has 4 nitrogen and oxygen atoms in total. The summed E-state index contributed by atoms with van der Waals surface area (Å²) in [7, 11) is 3.67. The van der Waals surface area contributed by atoms with E-state index in [1.807, 2.05) is 26.2 Å². The Kier molecular flexibility index (Phi) is 4.43. The third-order valence-electron chi connectivity index (χ3n) is 3.76. The van der Waals surface area contributed by atoms with Crippen LogP contribution in [0.5, 0.6) is 0 Å². The second-order valence-corrected chi connectivity index (χ2v) is 5.52. The smallest absolute Gasteiger partial charge is 0.225 e. The van der Waals surface area contributed by atoms with Crippen LogP contribution in [0.1, 0.15) is 18.4 Å². The van der Waals surface area contributed by atoms with Crippen molar-refractivity contribution in [3.05, 3.63) is 29.8 Å². The van der Waals surface area contributed by atoms with Crippen molar-refractivity contribution in [2.24, 2.45) is 5.92 Å². The van der Waals surface area contributed by atoms with Gasteiger partial charge in [0.15, 0.2) is 0 Å². The predicted molar refractivity (Wildman–Crippen MR) is 77.5 cm³/mol. The molecule has 1 aliphatic rings. The summed E-state index contributed by atoms with van der Waals surface area (Å²) in [6.45, 7) is 2.94. The fourth-order valence-corrected chi connectivity index (χ4v) is 2.58. The maximum absolute atomic E-state index is 11.9. The van der Waals surface area contributed by atoms with Gasteiger partial charge in [0, 0.05) is 32.2 Å². The Hall–Kier alpha value is -1.55. The Morgan fingerprint density at radius 2 is 1.84 bits per heavy atom. The molecule has 0 atom stereocenters. The van der Waals surface area contributed by atoms with Crippen LogP contribution in [0, 0.1) is 5.92 Å². The number of anilines is 1. The molecule has 4 heteroatoms. The largest absolute Gasteiger partial charge is 0.399 e. The van der Waals surface area contributed by atoms with Crippen molar-refractivity contribution in [1.29, 1.82) is 0 Å². The van der Waals surface area contributed by atoms with E-state index < -0.39 is 0 Å². The van der Waals surface area contributed by atoms with Crippen LogP contribution in [0.15, 0.2) is 24.3 Å². The second kappa shape index (κ2) is 6.06. The first-order valence-corrected chi connectivity index (χ1v) is 6.84. The second-order valence-electron chi connectivity index (χ2n) is 5.52. The van der Waals surface area contributed by atoms with Crippen molar-refractivity contribution < 1.29 is 4.79 Å². The van der Waals surface area contributed by atoms with E-state index in [0.717, 1.165) is 38.2 Å². The number of carbonyl (C=O) groups excluding carboxylic acids is 1. The number of carbonyl (C=O) groups is 1. The zero-order valence-corrected chi connectivity index (χ0v) is 11.8. The third-order valence-corrected chi connectivity index (χ3v) is 3.76. The number of benzene rings is 1. The van der Waals surface area contributed by atoms with Gasteiger partial charge in [-0.15, -0.1) is 0 Å². The lowest BCUT2D eigenvalue weighted by Gasteiger charge is -2.32. The van der Waals surface area contributed by atoms with E-state index in [1.165, 1.54) is 5.56 Å². The average molecular weight is 261 g/mol. The molecule has 2 rings (SSSR count). The summed E-state index contributed by atoms with van der Waals surface area (Å²) >= 11 is 0. The van der Waals surface area contributed by atoms with Crippen molar-refractivity contribution in [2.45, 2.75) is 19.4 Å². The lowest BCUT2D eigenvalue weighted by atomic mass is 9.95. The molecule has 1 aromatic carbocycles. The van der Waals surface area contributed by atoms with E-state index in [0.29, 0.717) is 0 Å². The lowest BCUT2D eigenvalue weighted by molar-refractivity contribution is -0.134. The SMILES string of the molecule is CN(C)C(=O)C1CCN(Cc2ccc(N)cc2)CC1. The zero-order valence-electron chi connectivity index (χ0n) is 11.8. The molecular formula is C15H23N3O. The lowest BCUT2D eigenvalue weighted by Crippen LogP contribution is -2.39. The van der Waals surface area contributed by atoms with Gasteiger partial charge in [0.25, 0.3) is 0 Å². The molecule has 1 heterocycles. The summed E-state index contributed by atoms with van der Waals surface area (Å²) in [5, 5.41) is 0. The number of amides is 1. The summed E-state index contributed by atoms with van der Waals surface area (Å²) in [6, 6.07) is 8.04. The maximum Gasteiger partial charge on any atom is 0.225 e. The quantitative estimate of drug-likeness (QED) is 0.840. The average Bonchev–Trinajstić information content (AvgIpc) is 2.41. The number of hydrogen-bond donors (Lipinski definition) is 1. The van der Waals surface area contributed by atoms with Gasteiger partial charge in [-0.25, -0.2) is 0 Å². The van der Waals surface area contributed by atoms with Crippen molar-refractivity contribution in [1.82, 2.24) is 9.80 Å². The minimum absolute atomic E-state index is 0.206. The first kappa shape index (κ1) is 13.9. The van der Waals surface area contributed by atoms with Gasteiger partial charge in [-0.3, -0.25) is 9.69 Å². The van der Waals surface area contributed by atoms with E-state index in [2.05, 4.69) is 17.0 Å². The van der Waals surface area contributed by atoms with Crippen LogP contribution in [0.3, 0.4) is 0 Å². The highest BCUT2D eigenvalue weighted by Crippen LogP contribution is 2.20. The first-order chi connectivity index (χ1) is 9.06. The van der Waals surface area contributed by atoms with Gasteiger partial charge < -0.3 is 10.6 Å². The summed E-state index contributed by atoms with van der Waals surface area (Å²) in [5.74, 6) is 0.477. The molecular weight excluding hydrogens is 238 g/mol. The van der Waals surface area contributed by atoms with Crippen molar-refractivity contribution >= 4 is 11.6 Å². The standard InChI is InChI=1S/C15H23N3O/c1-17(2)15(19)13-7-9-18(10-8-13)11-12-3-5-14(16)6-4-12/h3-6,13H,7-11,16H2,1-2H3. The summed E-state index contributed by atoms with van der Waals surface area (Å²) < 4.78 is 0. The van der Waals surface area contributed by atoms with Gasteiger partial charge in [-0.05, 0) is 43.6 Å². The number of piperidine rings is 1. The van der Waals surface area contributed by atoms with E-state index in [9.17, 15) is 4.79 Å². The van der Waals surface area contributed by atoms with Crippen molar-refractivity contribution in [3.8, 4) is 0 Å². The number of hydrogen-bond acceptors (Lipinski definition) is 3. The van der Waals surface area contributed by atoms with Crippen LogP contribution >= 0.6 is 0 Å². The van der Waals surface area contributed by atoms with Gasteiger partial charge in [0.1, 0.15) is 0 Å². The van der Waals surface area contributed by atoms with E-state index in [4.69, 9.17) is 5.73 Å². The Morgan fingerprint density at radius 3 is 2.37 bits per heavy atom. The summed E-state index contributed by atoms with van der Waals surface area (Å²) in [6.07, 6.45) is 1.93. The van der Waals surface area contributed by atoms with Crippen molar-refractivity contribution in [3.63, 3.8) is 0 Å². The van der Waals surface area contributed by atoms with Gasteiger partial charge in [-0.2, -0.15) is 0 Å². The first-order valence-electron chi connectivity index (χ1n) is 6.84. The molecule has 0 bridgehead atoms. The molecule has 0 saturated carbocycles. The number of nitrogens with zero attached hydrogens (tertiary/aromatic N) is 2. The molecule has 0 aliphatic carbocycles. The molecule has 0 unspecified atom stereocenters. The van der Waals surface area contributed by atoms with Crippen molar-refractivity contribution in [2.75, 3.05) is 32.9 Å². The van der Waals surface area contributed by atoms with Gasteiger partial charge in [0.2, 0.25) is 5.91 Å². The fraction of sp³-hybridized carbons (Fsp3) is 0.533. The normalized spacial score (nSPS) is 17.4. The van der Waals surface area contributed by atoms with Crippen LogP contribution in [-0.4, -0.2) is 42.9 Å².